The lowest BCUT2D eigenvalue weighted by Gasteiger charge is -2.07. The number of sulfone groups is 1. The van der Waals surface area contributed by atoms with Gasteiger partial charge in [0.05, 0.1) is 4.90 Å². The lowest BCUT2D eigenvalue weighted by molar-refractivity contribution is -0.117. The summed E-state index contributed by atoms with van der Waals surface area (Å²) in [6, 6.07) is 15.4. The Hall–Kier alpha value is -2.57. The van der Waals surface area contributed by atoms with E-state index < -0.39 is 9.84 Å². The smallest absolute Gasteiger partial charge is 0.185 e. The van der Waals surface area contributed by atoms with Gasteiger partial charge < -0.3 is 0 Å². The minimum Gasteiger partial charge on any atom is -0.299 e. The second-order valence-electron chi connectivity index (χ2n) is 6.99. The topological polar surface area (TPSA) is 77.0 Å². The largest absolute Gasteiger partial charge is 0.299 e. The van der Waals surface area contributed by atoms with Crippen molar-refractivity contribution in [3.8, 4) is 0 Å². The van der Waals surface area contributed by atoms with E-state index in [4.69, 9.17) is 11.6 Å². The van der Waals surface area contributed by atoms with Crippen molar-refractivity contribution < 1.29 is 13.2 Å². The van der Waals surface area contributed by atoms with Gasteiger partial charge in [0.25, 0.3) is 0 Å². The van der Waals surface area contributed by atoms with Crippen molar-refractivity contribution in [2.24, 2.45) is 0 Å². The summed E-state index contributed by atoms with van der Waals surface area (Å²) in [5.74, 6) is 0.0703. The molecule has 0 unspecified atom stereocenters. The maximum Gasteiger partial charge on any atom is 0.185 e. The van der Waals surface area contributed by atoms with Crippen LogP contribution in [-0.4, -0.2) is 24.2 Å². The summed E-state index contributed by atoms with van der Waals surface area (Å²) < 4.78 is 25.3. The first-order valence-electron chi connectivity index (χ1n) is 9.10. The fraction of sp³-hybridized carbons (Fsp3) is 0.227. The van der Waals surface area contributed by atoms with Gasteiger partial charge in [0, 0.05) is 29.3 Å². The van der Waals surface area contributed by atoms with Crippen LogP contribution in [0.1, 0.15) is 28.3 Å². The first kappa shape index (κ1) is 21.1. The summed E-state index contributed by atoms with van der Waals surface area (Å²) in [6.45, 7) is 3.61. The predicted molar refractivity (Wildman–Crippen MR) is 113 cm³/mol. The highest BCUT2D eigenvalue weighted by atomic mass is 35.5. The molecule has 0 fully saturated rings. The molecule has 7 heteroatoms. The molecular weight excluding hydrogens is 408 g/mol. The van der Waals surface area contributed by atoms with Crippen LogP contribution >= 0.6 is 11.6 Å². The van der Waals surface area contributed by atoms with Gasteiger partial charge >= 0.3 is 0 Å². The number of nitrogens with zero attached hydrogens (tertiary/aromatic N) is 2. The van der Waals surface area contributed by atoms with Crippen molar-refractivity contribution in [1.29, 1.82) is 0 Å². The van der Waals surface area contributed by atoms with E-state index in [0.717, 1.165) is 22.5 Å². The zero-order valence-corrected chi connectivity index (χ0v) is 17.8. The van der Waals surface area contributed by atoms with E-state index in [1.165, 1.54) is 12.1 Å². The number of rotatable bonds is 7. The molecule has 0 atom stereocenters. The lowest BCUT2D eigenvalue weighted by atomic mass is 10.0. The molecule has 29 heavy (non-hydrogen) atoms. The summed E-state index contributed by atoms with van der Waals surface area (Å²) in [7, 11) is -3.57. The average molecular weight is 429 g/mol. The third-order valence-electron chi connectivity index (χ3n) is 4.35. The number of Topliss-reactive ketones (excluding diaryl/α,β-unsaturated/α-hetero) is 1. The van der Waals surface area contributed by atoms with Crippen molar-refractivity contribution >= 4 is 27.2 Å². The Labute approximate surface area is 175 Å². The second kappa shape index (κ2) is 8.84. The Morgan fingerprint density at radius 2 is 1.34 bits per heavy atom. The van der Waals surface area contributed by atoms with Crippen LogP contribution in [0.2, 0.25) is 5.02 Å². The number of ketones is 1. The normalized spacial score (nSPS) is 11.4. The minimum absolute atomic E-state index is 0.0477. The summed E-state index contributed by atoms with van der Waals surface area (Å²) >= 11 is 5.85. The highest BCUT2D eigenvalue weighted by Gasteiger charge is 2.18. The van der Waals surface area contributed by atoms with E-state index in [2.05, 4.69) is 9.97 Å². The standard InChI is InChI=1S/C22H21ClN2O3S/c1-15-11-16(2)25-22(24-15)14-29(27,28)21-9-5-18(6-10-21)13-20(26)12-17-3-7-19(23)8-4-17/h3-11H,12-14H2,1-2H3. The molecule has 0 aliphatic heterocycles. The molecule has 3 aromatic rings. The van der Waals surface area contributed by atoms with Crippen LogP contribution in [0.5, 0.6) is 0 Å². The monoisotopic (exact) mass is 428 g/mol. The van der Waals surface area contributed by atoms with Gasteiger partial charge in [-0.05, 0) is 55.3 Å². The maximum absolute atomic E-state index is 12.7. The third-order valence-corrected chi connectivity index (χ3v) is 6.23. The van der Waals surface area contributed by atoms with Gasteiger partial charge in [-0.3, -0.25) is 4.79 Å². The van der Waals surface area contributed by atoms with Gasteiger partial charge in [0.1, 0.15) is 17.4 Å². The third kappa shape index (κ3) is 5.95. The van der Waals surface area contributed by atoms with Crippen molar-refractivity contribution in [2.75, 3.05) is 0 Å². The first-order chi connectivity index (χ1) is 13.7. The first-order valence-corrected chi connectivity index (χ1v) is 11.1. The number of carbonyl (C=O) groups is 1. The Bertz CT molecular complexity index is 1110. The highest BCUT2D eigenvalue weighted by Crippen LogP contribution is 2.17. The number of hydrogen-bond acceptors (Lipinski definition) is 5. The average Bonchev–Trinajstić information content (AvgIpc) is 2.63. The van der Waals surface area contributed by atoms with Crippen LogP contribution in [0.3, 0.4) is 0 Å². The molecule has 0 aliphatic carbocycles. The van der Waals surface area contributed by atoms with E-state index >= 15 is 0 Å². The van der Waals surface area contributed by atoms with Gasteiger partial charge in [-0.25, -0.2) is 18.4 Å². The quantitative estimate of drug-likeness (QED) is 0.566. The van der Waals surface area contributed by atoms with Gasteiger partial charge in [-0.1, -0.05) is 35.9 Å². The van der Waals surface area contributed by atoms with Crippen LogP contribution in [0.25, 0.3) is 0 Å². The Balaban J connectivity index is 1.67. The van der Waals surface area contributed by atoms with Crippen LogP contribution < -0.4 is 0 Å². The summed E-state index contributed by atoms with van der Waals surface area (Å²) in [5, 5.41) is 0.629. The number of carbonyl (C=O) groups excluding carboxylic acids is 1. The molecule has 1 heterocycles. The van der Waals surface area contributed by atoms with Crippen LogP contribution in [0.4, 0.5) is 0 Å². The summed E-state index contributed by atoms with van der Waals surface area (Å²) in [5.41, 5.74) is 3.13. The molecule has 5 nitrogen and oxygen atoms in total. The summed E-state index contributed by atoms with van der Waals surface area (Å²) in [4.78, 5) is 20.9. The van der Waals surface area contributed by atoms with Crippen molar-refractivity contribution in [2.45, 2.75) is 37.3 Å². The lowest BCUT2D eigenvalue weighted by Crippen LogP contribution is -2.10. The van der Waals surface area contributed by atoms with Gasteiger partial charge in [0.2, 0.25) is 0 Å². The number of hydrogen-bond donors (Lipinski definition) is 0. The van der Waals surface area contributed by atoms with Crippen LogP contribution in [0, 0.1) is 13.8 Å². The highest BCUT2D eigenvalue weighted by molar-refractivity contribution is 7.90. The van der Waals surface area contributed by atoms with Gasteiger partial charge in [-0.15, -0.1) is 0 Å². The molecule has 0 saturated carbocycles. The number of aromatic nitrogens is 2. The Kier molecular flexibility index (Phi) is 6.45. The van der Waals surface area contributed by atoms with Gasteiger partial charge in [-0.2, -0.15) is 0 Å². The molecular formula is C22H21ClN2O3S. The van der Waals surface area contributed by atoms with E-state index in [-0.39, 0.29) is 28.7 Å². The minimum atomic E-state index is -3.57. The molecule has 0 N–H and O–H groups in total. The zero-order valence-electron chi connectivity index (χ0n) is 16.2. The van der Waals surface area contributed by atoms with Crippen molar-refractivity contribution in [3.05, 3.63) is 88.0 Å². The Morgan fingerprint density at radius 3 is 1.86 bits per heavy atom. The molecule has 0 aliphatic rings. The molecule has 0 radical (unpaired) electrons. The SMILES string of the molecule is Cc1cc(C)nc(CS(=O)(=O)c2ccc(CC(=O)Cc3ccc(Cl)cc3)cc2)n1. The van der Waals surface area contributed by atoms with E-state index in [1.807, 2.05) is 12.1 Å². The molecule has 1 aromatic heterocycles. The molecule has 0 saturated heterocycles. The van der Waals surface area contributed by atoms with Crippen molar-refractivity contribution in [1.82, 2.24) is 9.97 Å². The van der Waals surface area contributed by atoms with Crippen LogP contribution in [0.15, 0.2) is 59.5 Å². The molecule has 0 bridgehead atoms. The number of halogens is 1. The number of benzene rings is 2. The molecule has 150 valence electrons. The Morgan fingerprint density at radius 1 is 0.862 bits per heavy atom. The van der Waals surface area contributed by atoms with E-state index in [9.17, 15) is 13.2 Å². The maximum atomic E-state index is 12.7. The molecule has 0 spiro atoms. The van der Waals surface area contributed by atoms with Gasteiger partial charge in [0.15, 0.2) is 9.84 Å². The van der Waals surface area contributed by atoms with E-state index in [1.54, 1.807) is 44.2 Å². The second-order valence-corrected chi connectivity index (χ2v) is 9.41. The summed E-state index contributed by atoms with van der Waals surface area (Å²) in [6.07, 6.45) is 0.546. The predicted octanol–water partition coefficient (Wildman–Crippen LogP) is 4.08. The molecule has 0 amide bonds. The zero-order chi connectivity index (χ0) is 21.0. The fourth-order valence-electron chi connectivity index (χ4n) is 3.05. The van der Waals surface area contributed by atoms with Crippen LogP contribution in [-0.2, 0) is 33.2 Å². The fourth-order valence-corrected chi connectivity index (χ4v) is 4.36. The number of aryl methyl sites for hydroxylation is 2. The molecule has 2 aromatic carbocycles. The van der Waals surface area contributed by atoms with Crippen molar-refractivity contribution in [3.63, 3.8) is 0 Å². The molecule has 3 rings (SSSR count). The van der Waals surface area contributed by atoms with E-state index in [0.29, 0.717) is 11.4 Å².